The standard InChI is InChI=1S/C48H55N7O6S/c1-32-20-42(46-50-45(31-54(46)29-32)48-25-34-21-35(26-48)23-36(22-34)27-48)41-5-3-2-4-38(41)30-52-14-16-53(17-15-52)39-8-6-37(7-9-39)47(56)51-62(59,60)40-10-11-43(44(24-40)55(57)58)49-28-33-12-18-61-19-13-33/h2-11,20,24,29,31,33-36,49H,12-19,21-23,25-28,30H2,1H3,(H,51,56). The number of nitro benzene ring substituents is 1. The first kappa shape index (κ1) is 40.7. The second-order valence-electron chi connectivity index (χ2n) is 18.8. The van der Waals surface area contributed by atoms with E-state index in [4.69, 9.17) is 9.72 Å². The van der Waals surface area contributed by atoms with Gasteiger partial charge in [-0.15, -0.1) is 0 Å². The summed E-state index contributed by atoms with van der Waals surface area (Å²) in [6, 6.07) is 21.6. The number of fused-ring (bicyclic) bond motifs is 1. The number of piperazine rings is 1. The lowest BCUT2D eigenvalue weighted by molar-refractivity contribution is -0.384. The van der Waals surface area contributed by atoms with Gasteiger partial charge in [0.1, 0.15) is 11.3 Å². The average molecular weight is 858 g/mol. The van der Waals surface area contributed by atoms with Crippen LogP contribution in [0.4, 0.5) is 17.1 Å². The van der Waals surface area contributed by atoms with Crippen molar-refractivity contribution in [1.29, 1.82) is 0 Å². The van der Waals surface area contributed by atoms with Gasteiger partial charge in [-0.2, -0.15) is 0 Å². The molecule has 4 heterocycles. The minimum Gasteiger partial charge on any atom is -0.381 e. The van der Waals surface area contributed by atoms with Crippen LogP contribution in [0.2, 0.25) is 0 Å². The highest BCUT2D eigenvalue weighted by Gasteiger charge is 2.52. The highest BCUT2D eigenvalue weighted by molar-refractivity contribution is 7.90. The van der Waals surface area contributed by atoms with Crippen molar-refractivity contribution in [3.05, 3.63) is 118 Å². The van der Waals surface area contributed by atoms with Gasteiger partial charge in [-0.1, -0.05) is 24.3 Å². The second kappa shape index (κ2) is 16.4. The molecule has 2 N–H and O–H groups in total. The molecular weight excluding hydrogens is 803 g/mol. The number of hydrogen-bond acceptors (Lipinski definition) is 10. The lowest BCUT2D eigenvalue weighted by Crippen LogP contribution is -2.48. The van der Waals surface area contributed by atoms with E-state index in [1.54, 1.807) is 12.1 Å². The van der Waals surface area contributed by atoms with Gasteiger partial charge in [0.25, 0.3) is 21.6 Å². The number of aryl methyl sites for hydroxylation is 1. The van der Waals surface area contributed by atoms with Gasteiger partial charge in [-0.3, -0.25) is 19.8 Å². The number of ether oxygens (including phenoxy) is 1. The number of imidazole rings is 1. The van der Waals surface area contributed by atoms with E-state index in [0.717, 1.165) is 80.7 Å². The molecule has 4 aliphatic carbocycles. The first-order valence-electron chi connectivity index (χ1n) is 22.3. The molecule has 2 saturated heterocycles. The fraction of sp³-hybridized carbons (Fsp3) is 0.458. The van der Waals surface area contributed by atoms with Crippen molar-refractivity contribution in [2.75, 3.05) is 56.2 Å². The zero-order valence-corrected chi connectivity index (χ0v) is 36.1. The van der Waals surface area contributed by atoms with Crippen molar-refractivity contribution < 1.29 is 22.9 Å². The van der Waals surface area contributed by atoms with Crippen LogP contribution in [0.5, 0.6) is 0 Å². The van der Waals surface area contributed by atoms with Crippen molar-refractivity contribution in [1.82, 2.24) is 19.0 Å². The maximum Gasteiger partial charge on any atom is 0.293 e. The van der Waals surface area contributed by atoms with Gasteiger partial charge in [0.15, 0.2) is 0 Å². The van der Waals surface area contributed by atoms with Crippen molar-refractivity contribution in [2.45, 2.75) is 75.1 Å². The molecule has 0 spiro atoms. The Morgan fingerprint density at radius 1 is 0.887 bits per heavy atom. The van der Waals surface area contributed by atoms with Crippen LogP contribution in [-0.2, 0) is 26.7 Å². The van der Waals surface area contributed by atoms with Crippen LogP contribution in [0, 0.1) is 40.7 Å². The van der Waals surface area contributed by atoms with Crippen molar-refractivity contribution >= 4 is 38.6 Å². The summed E-state index contributed by atoms with van der Waals surface area (Å²) < 4.78 is 36.3. The Kier molecular flexibility index (Phi) is 10.8. The highest BCUT2D eigenvalue weighted by atomic mass is 32.2. The third-order valence-electron chi connectivity index (χ3n) is 14.5. The van der Waals surface area contributed by atoms with E-state index in [2.05, 4.69) is 73.9 Å². The van der Waals surface area contributed by atoms with E-state index in [9.17, 15) is 23.3 Å². The number of carbonyl (C=O) groups is 1. The van der Waals surface area contributed by atoms with E-state index >= 15 is 0 Å². The summed E-state index contributed by atoms with van der Waals surface area (Å²) in [6.07, 6.45) is 14.4. The zero-order valence-electron chi connectivity index (χ0n) is 35.3. The molecule has 0 atom stereocenters. The van der Waals surface area contributed by atoms with E-state index < -0.39 is 20.9 Å². The normalized spacial score (nSPS) is 24.1. The van der Waals surface area contributed by atoms with Gasteiger partial charge in [-0.25, -0.2) is 18.1 Å². The number of rotatable bonds is 12. The molecule has 0 unspecified atom stereocenters. The number of amides is 1. The molecule has 4 saturated carbocycles. The quantitative estimate of drug-likeness (QED) is 0.0934. The second-order valence-corrected chi connectivity index (χ2v) is 20.4. The van der Waals surface area contributed by atoms with Gasteiger partial charge in [-0.05, 0) is 141 Å². The molecule has 4 bridgehead atoms. The summed E-state index contributed by atoms with van der Waals surface area (Å²) in [4.78, 5) is 34.4. The number of hydrogen-bond donors (Lipinski definition) is 2. The van der Waals surface area contributed by atoms with E-state index in [1.807, 2.05) is 12.1 Å². The summed E-state index contributed by atoms with van der Waals surface area (Å²) in [5.41, 5.74) is 8.50. The predicted molar refractivity (Wildman–Crippen MR) is 239 cm³/mol. The van der Waals surface area contributed by atoms with Crippen LogP contribution in [-0.4, -0.2) is 79.5 Å². The lowest BCUT2D eigenvalue weighted by atomic mass is 9.49. The highest BCUT2D eigenvalue weighted by Crippen LogP contribution is 2.60. The molecule has 62 heavy (non-hydrogen) atoms. The van der Waals surface area contributed by atoms with E-state index in [-0.39, 0.29) is 27.2 Å². The maximum absolute atomic E-state index is 13.3. The summed E-state index contributed by atoms with van der Waals surface area (Å²) in [6.45, 7) is 8.11. The topological polar surface area (TPSA) is 151 Å². The van der Waals surface area contributed by atoms with Crippen LogP contribution in [0.25, 0.3) is 16.8 Å². The molecule has 6 fully saturated rings. The Bertz CT molecular complexity index is 2580. The third kappa shape index (κ3) is 8.08. The molecule has 6 aliphatic rings. The maximum atomic E-state index is 13.3. The molecule has 3 aromatic carbocycles. The van der Waals surface area contributed by atoms with Crippen LogP contribution in [0.1, 0.15) is 78.5 Å². The molecule has 2 aliphatic heterocycles. The third-order valence-corrected chi connectivity index (χ3v) is 15.8. The van der Waals surface area contributed by atoms with Crippen LogP contribution < -0.4 is 14.9 Å². The number of nitro groups is 1. The lowest BCUT2D eigenvalue weighted by Gasteiger charge is -2.56. The van der Waals surface area contributed by atoms with Crippen LogP contribution in [0.15, 0.2) is 90.1 Å². The summed E-state index contributed by atoms with van der Waals surface area (Å²) in [7, 11) is -4.39. The molecule has 5 aromatic rings. The Morgan fingerprint density at radius 3 is 2.27 bits per heavy atom. The van der Waals surface area contributed by atoms with Gasteiger partial charge in [0.05, 0.1) is 15.5 Å². The summed E-state index contributed by atoms with van der Waals surface area (Å²) in [5.74, 6) is 2.10. The zero-order chi connectivity index (χ0) is 42.6. The molecule has 324 valence electrons. The molecule has 11 rings (SSSR count). The number of carbonyl (C=O) groups excluding carboxylic acids is 1. The van der Waals surface area contributed by atoms with Gasteiger partial charge in [0, 0.05) is 93.2 Å². The van der Waals surface area contributed by atoms with E-state index in [0.29, 0.717) is 25.7 Å². The Morgan fingerprint density at radius 2 is 1.58 bits per heavy atom. The Balaban J connectivity index is 0.776. The number of anilines is 2. The smallest absolute Gasteiger partial charge is 0.293 e. The SMILES string of the molecule is Cc1cc(-c2ccccc2CN2CCN(c3ccc(C(=O)NS(=O)(=O)c4ccc(NCC5CCOCC5)c([N+](=O)[O-])c4)cc3)CC2)c2nc(C34CC5CC(CC(C5)C3)C4)cn2c1. The number of nitrogens with zero attached hydrogens (tertiary/aromatic N) is 5. The summed E-state index contributed by atoms with van der Waals surface area (Å²) >= 11 is 0. The van der Waals surface area contributed by atoms with E-state index in [1.165, 1.54) is 78.6 Å². The number of benzene rings is 3. The predicted octanol–water partition coefficient (Wildman–Crippen LogP) is 7.97. The molecule has 2 aromatic heterocycles. The number of pyridine rings is 1. The molecule has 13 nitrogen and oxygen atoms in total. The molecule has 0 radical (unpaired) electrons. The fourth-order valence-corrected chi connectivity index (χ4v) is 12.7. The number of nitrogens with one attached hydrogen (secondary N) is 2. The number of aromatic nitrogens is 2. The minimum absolute atomic E-state index is 0.171. The molecule has 1 amide bonds. The van der Waals surface area contributed by atoms with Crippen molar-refractivity contribution in [2.24, 2.45) is 23.7 Å². The first-order valence-corrected chi connectivity index (χ1v) is 23.8. The fourth-order valence-electron chi connectivity index (χ4n) is 11.7. The van der Waals surface area contributed by atoms with Crippen molar-refractivity contribution in [3.8, 4) is 11.1 Å². The Hall–Kier alpha value is -5.31. The molecule has 14 heteroatoms. The van der Waals surface area contributed by atoms with Gasteiger partial charge >= 0.3 is 0 Å². The average Bonchev–Trinajstić information content (AvgIpc) is 3.71. The number of sulfonamides is 1. The van der Waals surface area contributed by atoms with Gasteiger partial charge in [0.2, 0.25) is 0 Å². The van der Waals surface area contributed by atoms with Crippen LogP contribution in [0.3, 0.4) is 0 Å². The monoisotopic (exact) mass is 857 g/mol. The minimum atomic E-state index is -4.39. The largest absolute Gasteiger partial charge is 0.381 e. The van der Waals surface area contributed by atoms with Gasteiger partial charge < -0.3 is 19.4 Å². The van der Waals surface area contributed by atoms with Crippen molar-refractivity contribution in [3.63, 3.8) is 0 Å². The summed E-state index contributed by atoms with van der Waals surface area (Å²) in [5, 5.41) is 15.0. The first-order chi connectivity index (χ1) is 30.0. The Labute approximate surface area is 363 Å². The van der Waals surface area contributed by atoms with Crippen LogP contribution >= 0.6 is 0 Å². The molecular formula is C48H55N7O6S.